The molecule has 0 saturated carbocycles. The Morgan fingerprint density at radius 3 is 2.67 bits per heavy atom. The maximum absolute atomic E-state index is 13.8. The van der Waals surface area contributed by atoms with E-state index in [4.69, 9.17) is 23.7 Å². The van der Waals surface area contributed by atoms with Crippen molar-refractivity contribution in [3.05, 3.63) is 35.1 Å². The van der Waals surface area contributed by atoms with Crippen LogP contribution in [0.4, 0.5) is 0 Å². The summed E-state index contributed by atoms with van der Waals surface area (Å²) < 4.78 is 28.3. The summed E-state index contributed by atoms with van der Waals surface area (Å²) in [6.45, 7) is 6.24. The van der Waals surface area contributed by atoms with Crippen LogP contribution in [0.2, 0.25) is 0 Å². The molecule has 3 heterocycles. The summed E-state index contributed by atoms with van der Waals surface area (Å²) in [7, 11) is 2.83. The number of hydrogen-bond donors (Lipinski definition) is 1. The van der Waals surface area contributed by atoms with Gasteiger partial charge in [-0.25, -0.2) is 4.79 Å². The fourth-order valence-corrected chi connectivity index (χ4v) is 6.86. The van der Waals surface area contributed by atoms with Gasteiger partial charge in [0.2, 0.25) is 6.79 Å². The van der Waals surface area contributed by atoms with Crippen LogP contribution < -0.4 is 9.47 Å². The van der Waals surface area contributed by atoms with E-state index in [1.165, 1.54) is 7.11 Å². The molecule has 39 heavy (non-hydrogen) atoms. The fraction of sp³-hybridized carbons (Fsp3) is 0.667. The van der Waals surface area contributed by atoms with Gasteiger partial charge in [-0.15, -0.1) is 0 Å². The first-order valence-electron chi connectivity index (χ1n) is 14.2. The van der Waals surface area contributed by atoms with Crippen molar-refractivity contribution in [3.63, 3.8) is 0 Å². The zero-order chi connectivity index (χ0) is 27.8. The molecule has 1 aromatic carbocycles. The van der Waals surface area contributed by atoms with E-state index in [1.54, 1.807) is 7.11 Å². The molecule has 0 aromatic heterocycles. The van der Waals surface area contributed by atoms with Gasteiger partial charge in [0.1, 0.15) is 5.76 Å². The lowest BCUT2D eigenvalue weighted by molar-refractivity contribution is -0.178. The van der Waals surface area contributed by atoms with Gasteiger partial charge in [0.15, 0.2) is 23.2 Å². The molecule has 1 saturated heterocycles. The lowest BCUT2D eigenvalue weighted by atomic mass is 9.77. The van der Waals surface area contributed by atoms with E-state index in [2.05, 4.69) is 24.8 Å². The second-order valence-corrected chi connectivity index (χ2v) is 11.7. The van der Waals surface area contributed by atoms with Crippen LogP contribution in [0.15, 0.2) is 24.0 Å². The Kier molecular flexibility index (Phi) is 7.84. The molecular formula is C30H41NO8. The Labute approximate surface area is 230 Å². The molecule has 9 nitrogen and oxygen atoms in total. The topological polar surface area (TPSA) is 104 Å². The van der Waals surface area contributed by atoms with Gasteiger partial charge in [-0.05, 0) is 73.9 Å². The van der Waals surface area contributed by atoms with Crippen LogP contribution in [0.5, 0.6) is 11.5 Å². The highest BCUT2D eigenvalue weighted by molar-refractivity contribution is 5.86. The summed E-state index contributed by atoms with van der Waals surface area (Å²) >= 11 is 0. The van der Waals surface area contributed by atoms with Crippen LogP contribution in [0.3, 0.4) is 0 Å². The zero-order valence-corrected chi connectivity index (χ0v) is 23.5. The maximum atomic E-state index is 13.8. The molecule has 4 atom stereocenters. The number of hydrogen-bond acceptors (Lipinski definition) is 9. The van der Waals surface area contributed by atoms with Crippen LogP contribution in [-0.4, -0.2) is 73.3 Å². The zero-order valence-electron chi connectivity index (χ0n) is 23.5. The van der Waals surface area contributed by atoms with Crippen molar-refractivity contribution in [1.82, 2.24) is 4.90 Å². The van der Waals surface area contributed by atoms with Crippen molar-refractivity contribution in [2.75, 3.05) is 34.1 Å². The number of nitrogens with zero attached hydrogens (tertiary/aromatic N) is 1. The van der Waals surface area contributed by atoms with Crippen molar-refractivity contribution in [1.29, 1.82) is 0 Å². The minimum Gasteiger partial charge on any atom is -0.497 e. The number of aliphatic hydroxyl groups is 1. The third-order valence-corrected chi connectivity index (χ3v) is 8.86. The lowest BCUT2D eigenvalue weighted by Crippen LogP contribution is -2.49. The van der Waals surface area contributed by atoms with E-state index < -0.39 is 30.1 Å². The largest absolute Gasteiger partial charge is 0.497 e. The summed E-state index contributed by atoms with van der Waals surface area (Å²) in [4.78, 5) is 28.5. The highest BCUT2D eigenvalue weighted by Gasteiger charge is 2.59. The molecule has 1 spiro atoms. The second-order valence-electron chi connectivity index (χ2n) is 11.7. The Morgan fingerprint density at radius 2 is 1.95 bits per heavy atom. The third-order valence-electron chi connectivity index (χ3n) is 8.86. The summed E-state index contributed by atoms with van der Waals surface area (Å²) in [6.07, 6.45) is 6.15. The summed E-state index contributed by atoms with van der Waals surface area (Å²) in [6, 6.07) is 4.06. The molecular weight excluding hydrogens is 502 g/mol. The quantitative estimate of drug-likeness (QED) is 0.348. The first kappa shape index (κ1) is 27.8. The van der Waals surface area contributed by atoms with Crippen molar-refractivity contribution in [2.24, 2.45) is 5.92 Å². The molecule has 1 N–H and O–H groups in total. The van der Waals surface area contributed by atoms with Gasteiger partial charge in [0.05, 0.1) is 32.1 Å². The molecule has 1 fully saturated rings. The fourth-order valence-electron chi connectivity index (χ4n) is 6.86. The molecule has 1 aliphatic carbocycles. The predicted molar refractivity (Wildman–Crippen MR) is 142 cm³/mol. The first-order valence-corrected chi connectivity index (χ1v) is 14.2. The van der Waals surface area contributed by atoms with Crippen LogP contribution in [0, 0.1) is 5.92 Å². The summed E-state index contributed by atoms with van der Waals surface area (Å²) in [5.41, 5.74) is -0.203. The average Bonchev–Trinajstić information content (AvgIpc) is 3.60. The number of fused-ring (bicyclic) bond motifs is 3. The molecule has 1 aromatic rings. The summed E-state index contributed by atoms with van der Waals surface area (Å²) in [5, 5.41) is 11.5. The number of carbonyl (C=O) groups is 2. The Morgan fingerprint density at radius 1 is 1.18 bits per heavy atom. The molecule has 5 rings (SSSR count). The second kappa shape index (κ2) is 11.0. The molecule has 0 amide bonds. The number of methoxy groups -OCH3 is 2. The van der Waals surface area contributed by atoms with Crippen molar-refractivity contribution >= 4 is 11.9 Å². The van der Waals surface area contributed by atoms with Crippen molar-refractivity contribution in [3.8, 4) is 11.5 Å². The Balaban J connectivity index is 1.48. The molecule has 0 bridgehead atoms. The Hall–Kier alpha value is -2.78. The lowest BCUT2D eigenvalue weighted by Gasteiger charge is -2.39. The Bertz CT molecular complexity index is 1130. The van der Waals surface area contributed by atoms with Gasteiger partial charge in [-0.3, -0.25) is 9.69 Å². The smallest absolute Gasteiger partial charge is 0.339 e. The highest BCUT2D eigenvalue weighted by Crippen LogP contribution is 2.55. The van der Waals surface area contributed by atoms with Gasteiger partial charge in [-0.2, -0.15) is 0 Å². The monoisotopic (exact) mass is 543 g/mol. The minimum absolute atomic E-state index is 0.115. The van der Waals surface area contributed by atoms with Gasteiger partial charge in [0, 0.05) is 6.54 Å². The van der Waals surface area contributed by atoms with E-state index in [0.717, 1.165) is 62.1 Å². The molecule has 9 heteroatoms. The standard InChI is InChI=1S/C30H41NO8/c1-19(2)8-5-6-11-30(34,17-25(32)36-4)28(33)39-27-24(35-3)16-29-10-7-12-31(29)13-9-20-14-22-23(38-18-37-22)15-21(20)26(27)29/h14-16,19,26-27,34H,5-13,17-18H2,1-4H3/t26?,27-,29-,30-/m1/s1. The van der Waals surface area contributed by atoms with Crippen LogP contribution in [0.25, 0.3) is 0 Å². The van der Waals surface area contributed by atoms with Crippen molar-refractivity contribution in [2.45, 2.75) is 88.4 Å². The molecule has 0 radical (unpaired) electrons. The van der Waals surface area contributed by atoms with Crippen LogP contribution in [0.1, 0.15) is 75.8 Å². The van der Waals surface area contributed by atoms with Gasteiger partial charge >= 0.3 is 11.9 Å². The number of benzene rings is 1. The van der Waals surface area contributed by atoms with Gasteiger partial charge < -0.3 is 28.8 Å². The number of esters is 2. The first-order chi connectivity index (χ1) is 18.7. The SMILES string of the molecule is COC(=O)C[C@](O)(CCCCC(C)C)C(=O)O[C@@H]1C(OC)=C[C@@]23CCCN2CCc2cc4c(cc2C13)OCO4. The average molecular weight is 544 g/mol. The van der Waals surface area contributed by atoms with E-state index in [-0.39, 0.29) is 24.7 Å². The van der Waals surface area contributed by atoms with Crippen molar-refractivity contribution < 1.29 is 38.4 Å². The van der Waals surface area contributed by atoms with Crippen LogP contribution >= 0.6 is 0 Å². The number of unbranched alkanes of at least 4 members (excludes halogenated alkanes) is 1. The molecule has 3 aliphatic heterocycles. The van der Waals surface area contributed by atoms with Crippen LogP contribution in [-0.2, 0) is 30.2 Å². The number of ether oxygens (including phenoxy) is 5. The highest BCUT2D eigenvalue weighted by atomic mass is 16.7. The van der Waals surface area contributed by atoms with E-state index in [1.807, 2.05) is 12.1 Å². The van der Waals surface area contributed by atoms with E-state index in [0.29, 0.717) is 23.8 Å². The minimum atomic E-state index is -1.99. The van der Waals surface area contributed by atoms with Gasteiger partial charge in [-0.1, -0.05) is 26.7 Å². The predicted octanol–water partition coefficient (Wildman–Crippen LogP) is 3.86. The molecule has 1 unspecified atom stereocenters. The maximum Gasteiger partial charge on any atom is 0.339 e. The van der Waals surface area contributed by atoms with E-state index >= 15 is 0 Å². The third kappa shape index (κ3) is 5.11. The molecule has 4 aliphatic rings. The van der Waals surface area contributed by atoms with Gasteiger partial charge in [0.25, 0.3) is 0 Å². The molecule has 214 valence electrons. The van der Waals surface area contributed by atoms with E-state index in [9.17, 15) is 14.7 Å². The number of carbonyl (C=O) groups excluding carboxylic acids is 2. The summed E-state index contributed by atoms with van der Waals surface area (Å²) in [5.74, 6) is 0.746. The number of rotatable bonds is 10. The normalized spacial score (nSPS) is 26.7.